The first kappa shape index (κ1) is 25.4. The van der Waals surface area contributed by atoms with E-state index in [9.17, 15) is 18.0 Å². The number of carbonyl (C=O) groups excluding carboxylic acids is 2. The van der Waals surface area contributed by atoms with Crippen LogP contribution in [0.1, 0.15) is 21.5 Å². The lowest BCUT2D eigenvalue weighted by atomic mass is 10.1. The summed E-state index contributed by atoms with van der Waals surface area (Å²) < 4.78 is 37.7. The van der Waals surface area contributed by atoms with Crippen LogP contribution in [0.5, 0.6) is 5.75 Å². The Morgan fingerprint density at radius 2 is 1.69 bits per heavy atom. The first-order valence-corrected chi connectivity index (χ1v) is 11.9. The minimum absolute atomic E-state index is 0.0490. The molecule has 0 aliphatic carbocycles. The number of hydrogen-bond acceptors (Lipinski definition) is 7. The fourth-order valence-electron chi connectivity index (χ4n) is 3.09. The summed E-state index contributed by atoms with van der Waals surface area (Å²) in [4.78, 5) is 24.2. The minimum atomic E-state index is -4.06. The average Bonchev–Trinajstić information content (AvgIpc) is 2.87. The average molecular weight is 496 g/mol. The SMILES string of the molecule is COC(=O)c1ccc(/C=N\NC(=O)CN(c2cccc(OC)c2)S(=O)(=O)c2ccc(C)cc2)cc1. The molecular weight excluding hydrogens is 470 g/mol. The third-order valence-corrected chi connectivity index (χ3v) is 6.76. The molecule has 0 heterocycles. The Bertz CT molecular complexity index is 1320. The van der Waals surface area contributed by atoms with Crippen molar-refractivity contribution in [3.8, 4) is 5.75 Å². The van der Waals surface area contributed by atoms with E-state index in [4.69, 9.17) is 4.74 Å². The summed E-state index contributed by atoms with van der Waals surface area (Å²) in [5.74, 6) is -0.666. The molecule has 0 radical (unpaired) electrons. The molecule has 10 heteroatoms. The lowest BCUT2D eigenvalue weighted by Crippen LogP contribution is -2.39. The third kappa shape index (κ3) is 6.45. The summed E-state index contributed by atoms with van der Waals surface area (Å²) >= 11 is 0. The van der Waals surface area contributed by atoms with Gasteiger partial charge in [-0.15, -0.1) is 0 Å². The van der Waals surface area contributed by atoms with Crippen molar-refractivity contribution in [3.63, 3.8) is 0 Å². The van der Waals surface area contributed by atoms with E-state index in [0.717, 1.165) is 9.87 Å². The van der Waals surface area contributed by atoms with Crippen LogP contribution in [-0.2, 0) is 19.6 Å². The van der Waals surface area contributed by atoms with Gasteiger partial charge >= 0.3 is 5.97 Å². The predicted molar refractivity (Wildman–Crippen MR) is 132 cm³/mol. The summed E-state index contributed by atoms with van der Waals surface area (Å²) in [5.41, 5.74) is 4.51. The summed E-state index contributed by atoms with van der Waals surface area (Å²) in [6.07, 6.45) is 1.38. The molecule has 0 spiro atoms. The van der Waals surface area contributed by atoms with Crippen LogP contribution in [0, 0.1) is 6.92 Å². The molecule has 1 N–H and O–H groups in total. The molecule has 3 rings (SSSR count). The zero-order valence-electron chi connectivity index (χ0n) is 19.5. The van der Waals surface area contributed by atoms with E-state index in [2.05, 4.69) is 15.3 Å². The minimum Gasteiger partial charge on any atom is -0.497 e. The third-order valence-electron chi connectivity index (χ3n) is 4.97. The van der Waals surface area contributed by atoms with E-state index in [0.29, 0.717) is 16.9 Å². The van der Waals surface area contributed by atoms with Crippen LogP contribution in [-0.4, -0.2) is 47.3 Å². The number of benzene rings is 3. The van der Waals surface area contributed by atoms with Crippen molar-refractivity contribution in [1.29, 1.82) is 0 Å². The molecule has 0 saturated heterocycles. The highest BCUT2D eigenvalue weighted by molar-refractivity contribution is 7.92. The first-order valence-electron chi connectivity index (χ1n) is 10.5. The standard InChI is InChI=1S/C25H25N3O6S/c1-18-7-13-23(14-8-18)35(31,32)28(21-5-4-6-22(15-21)33-2)17-24(29)27-26-16-19-9-11-20(12-10-19)25(30)34-3/h4-16H,17H2,1-3H3,(H,27,29)/b26-16-. The Labute approximate surface area is 204 Å². The number of hydrazone groups is 1. The summed E-state index contributed by atoms with van der Waals surface area (Å²) in [7, 11) is -1.30. The van der Waals surface area contributed by atoms with Gasteiger partial charge in [0, 0.05) is 6.07 Å². The number of ether oxygens (including phenoxy) is 2. The van der Waals surface area contributed by atoms with Crippen molar-refractivity contribution in [2.45, 2.75) is 11.8 Å². The van der Waals surface area contributed by atoms with E-state index in [1.165, 1.54) is 38.6 Å². The van der Waals surface area contributed by atoms with Crippen molar-refractivity contribution in [2.24, 2.45) is 5.10 Å². The number of rotatable bonds is 9. The van der Waals surface area contributed by atoms with Gasteiger partial charge in [0.2, 0.25) is 0 Å². The maximum absolute atomic E-state index is 13.4. The Morgan fingerprint density at radius 1 is 1.00 bits per heavy atom. The number of carbonyl (C=O) groups is 2. The molecule has 3 aromatic rings. The van der Waals surface area contributed by atoms with Crippen molar-refractivity contribution in [3.05, 3.63) is 89.5 Å². The lowest BCUT2D eigenvalue weighted by Gasteiger charge is -2.24. The number of aryl methyl sites for hydroxylation is 1. The van der Waals surface area contributed by atoms with E-state index in [1.54, 1.807) is 54.6 Å². The fourth-order valence-corrected chi connectivity index (χ4v) is 4.50. The van der Waals surface area contributed by atoms with Gasteiger partial charge in [0.15, 0.2) is 0 Å². The number of nitrogens with one attached hydrogen (secondary N) is 1. The largest absolute Gasteiger partial charge is 0.497 e. The molecule has 0 bridgehead atoms. The normalized spacial score (nSPS) is 11.2. The number of nitrogens with zero attached hydrogens (tertiary/aromatic N) is 2. The number of methoxy groups -OCH3 is 2. The first-order chi connectivity index (χ1) is 16.7. The van der Waals surface area contributed by atoms with Gasteiger partial charge < -0.3 is 9.47 Å². The molecule has 1 amide bonds. The van der Waals surface area contributed by atoms with Gasteiger partial charge in [-0.25, -0.2) is 18.6 Å². The van der Waals surface area contributed by atoms with Gasteiger partial charge in [-0.3, -0.25) is 9.10 Å². The van der Waals surface area contributed by atoms with Crippen LogP contribution in [0.15, 0.2) is 82.8 Å². The number of sulfonamides is 1. The molecule has 0 atom stereocenters. The summed E-state index contributed by atoms with van der Waals surface area (Å²) in [6.45, 7) is 1.34. The van der Waals surface area contributed by atoms with Gasteiger partial charge in [-0.1, -0.05) is 35.9 Å². The Hall–Kier alpha value is -4.18. The molecule has 0 fully saturated rings. The Kier molecular flexibility index (Phi) is 8.21. The highest BCUT2D eigenvalue weighted by Crippen LogP contribution is 2.27. The molecule has 0 aromatic heterocycles. The van der Waals surface area contributed by atoms with Gasteiger partial charge in [0.1, 0.15) is 12.3 Å². The zero-order valence-corrected chi connectivity index (χ0v) is 20.3. The number of anilines is 1. The van der Waals surface area contributed by atoms with Gasteiger partial charge in [0.05, 0.1) is 36.6 Å². The second-order valence-electron chi connectivity index (χ2n) is 7.43. The van der Waals surface area contributed by atoms with Crippen LogP contribution in [0.2, 0.25) is 0 Å². The van der Waals surface area contributed by atoms with E-state index in [-0.39, 0.29) is 10.6 Å². The van der Waals surface area contributed by atoms with Crippen LogP contribution in [0.3, 0.4) is 0 Å². The molecule has 182 valence electrons. The summed E-state index contributed by atoms with van der Waals surface area (Å²) in [6, 6.07) is 19.2. The smallest absolute Gasteiger partial charge is 0.337 e. The number of hydrogen-bond donors (Lipinski definition) is 1. The van der Waals surface area contributed by atoms with Gasteiger partial charge in [-0.05, 0) is 48.9 Å². The van der Waals surface area contributed by atoms with E-state index < -0.39 is 28.4 Å². The second-order valence-corrected chi connectivity index (χ2v) is 9.30. The maximum atomic E-state index is 13.4. The van der Waals surface area contributed by atoms with Crippen LogP contribution in [0.25, 0.3) is 0 Å². The van der Waals surface area contributed by atoms with Crippen molar-refractivity contribution < 1.29 is 27.5 Å². The molecule has 0 aliphatic rings. The van der Waals surface area contributed by atoms with Crippen molar-refractivity contribution >= 4 is 33.8 Å². The zero-order chi connectivity index (χ0) is 25.4. The topological polar surface area (TPSA) is 114 Å². The highest BCUT2D eigenvalue weighted by atomic mass is 32.2. The van der Waals surface area contributed by atoms with Gasteiger partial charge in [-0.2, -0.15) is 5.10 Å². The highest BCUT2D eigenvalue weighted by Gasteiger charge is 2.27. The molecule has 35 heavy (non-hydrogen) atoms. The van der Waals surface area contributed by atoms with Crippen LogP contribution in [0.4, 0.5) is 5.69 Å². The molecule has 0 aliphatic heterocycles. The maximum Gasteiger partial charge on any atom is 0.337 e. The molecule has 3 aromatic carbocycles. The predicted octanol–water partition coefficient (Wildman–Crippen LogP) is 3.14. The molecule has 0 unspecified atom stereocenters. The van der Waals surface area contributed by atoms with Crippen LogP contribution < -0.4 is 14.5 Å². The Morgan fingerprint density at radius 3 is 2.31 bits per heavy atom. The van der Waals surface area contributed by atoms with E-state index in [1.807, 2.05) is 6.92 Å². The second kappa shape index (κ2) is 11.3. The molecular formula is C25H25N3O6S. The quantitative estimate of drug-likeness (QED) is 0.277. The van der Waals surface area contributed by atoms with Crippen molar-refractivity contribution in [2.75, 3.05) is 25.1 Å². The molecule has 0 saturated carbocycles. The number of esters is 1. The molecule has 9 nitrogen and oxygen atoms in total. The van der Waals surface area contributed by atoms with Crippen LogP contribution >= 0.6 is 0 Å². The fraction of sp³-hybridized carbons (Fsp3) is 0.160. The number of amides is 1. The monoisotopic (exact) mass is 495 g/mol. The lowest BCUT2D eigenvalue weighted by molar-refractivity contribution is -0.119. The van der Waals surface area contributed by atoms with E-state index >= 15 is 0 Å². The summed E-state index contributed by atoms with van der Waals surface area (Å²) in [5, 5.41) is 3.90. The van der Waals surface area contributed by atoms with Crippen molar-refractivity contribution in [1.82, 2.24) is 5.43 Å². The Balaban J connectivity index is 1.80. The van der Waals surface area contributed by atoms with Gasteiger partial charge in [0.25, 0.3) is 15.9 Å².